The van der Waals surface area contributed by atoms with E-state index < -0.39 is 17.4 Å². The van der Waals surface area contributed by atoms with Crippen molar-refractivity contribution in [2.75, 3.05) is 5.32 Å². The van der Waals surface area contributed by atoms with E-state index in [9.17, 15) is 9.18 Å². The third kappa shape index (κ3) is 3.09. The lowest BCUT2D eigenvalue weighted by molar-refractivity contribution is 0.635. The molecule has 32 heavy (non-hydrogen) atoms. The highest BCUT2D eigenvalue weighted by atomic mass is 19.1. The van der Waals surface area contributed by atoms with E-state index in [1.807, 2.05) is 39.0 Å². The van der Waals surface area contributed by atoms with Crippen molar-refractivity contribution < 1.29 is 4.39 Å². The molecule has 3 heterocycles. The Morgan fingerprint density at radius 2 is 1.91 bits per heavy atom. The van der Waals surface area contributed by atoms with Crippen LogP contribution in [0.1, 0.15) is 29.9 Å². The molecule has 0 spiro atoms. The number of aromatic nitrogens is 6. The molecule has 2 N–H and O–H groups in total. The molecule has 0 saturated carbocycles. The number of halogens is 1. The molecule has 8 nitrogen and oxygen atoms in total. The van der Waals surface area contributed by atoms with Crippen molar-refractivity contribution >= 4 is 27.9 Å². The summed E-state index contributed by atoms with van der Waals surface area (Å²) in [5.74, 6) is 0.371. The Morgan fingerprint density at radius 3 is 2.75 bits per heavy atom. The molecule has 5 aromatic rings. The largest absolute Gasteiger partial charge is 0.358 e. The van der Waals surface area contributed by atoms with E-state index in [0.717, 1.165) is 11.1 Å². The molecule has 0 aliphatic heterocycles. The number of nitrogens with one attached hydrogen (secondary N) is 2. The normalized spacial score (nSPS) is 12.4. The van der Waals surface area contributed by atoms with Gasteiger partial charge < -0.3 is 10.3 Å². The number of rotatable bonds is 4. The summed E-state index contributed by atoms with van der Waals surface area (Å²) in [6, 6.07) is 9.69. The fourth-order valence-corrected chi connectivity index (χ4v) is 3.85. The van der Waals surface area contributed by atoms with Crippen LogP contribution in [0.25, 0.3) is 27.8 Å². The third-order valence-electron chi connectivity index (χ3n) is 5.65. The monoisotopic (exact) mass is 429 g/mol. The van der Waals surface area contributed by atoms with Crippen molar-refractivity contribution in [2.24, 2.45) is 0 Å². The summed E-state index contributed by atoms with van der Waals surface area (Å²) in [6.07, 6.45) is 2.96. The summed E-state index contributed by atoms with van der Waals surface area (Å²) in [4.78, 5) is 33.9. The Balaban J connectivity index is 1.75. The number of hydrogen-bond donors (Lipinski definition) is 2. The number of fused-ring (bicyclic) bond motifs is 2. The first kappa shape index (κ1) is 19.8. The Labute approximate surface area is 182 Å². The number of benzene rings is 2. The first-order valence-electron chi connectivity index (χ1n) is 10.1. The minimum atomic E-state index is -0.596. The van der Waals surface area contributed by atoms with Crippen molar-refractivity contribution in [1.82, 2.24) is 29.5 Å². The zero-order chi connectivity index (χ0) is 22.4. The average molecular weight is 429 g/mol. The van der Waals surface area contributed by atoms with Gasteiger partial charge in [0.05, 0.1) is 23.6 Å². The molecule has 9 heteroatoms. The van der Waals surface area contributed by atoms with Gasteiger partial charge in [0.25, 0.3) is 5.56 Å². The zero-order valence-corrected chi connectivity index (χ0v) is 17.7. The number of hydrogen-bond acceptors (Lipinski definition) is 6. The van der Waals surface area contributed by atoms with Crippen LogP contribution in [0, 0.1) is 19.7 Å². The third-order valence-corrected chi connectivity index (χ3v) is 5.65. The number of aryl methyl sites for hydroxylation is 1. The van der Waals surface area contributed by atoms with Crippen LogP contribution in [0.4, 0.5) is 10.2 Å². The maximum atomic E-state index is 14.6. The van der Waals surface area contributed by atoms with Gasteiger partial charge in [-0.05, 0) is 50.1 Å². The number of H-pyrrole nitrogens is 1. The SMILES string of the molecule is Cc1cccc(-n2c([C@H](C)Nc3ncnc4nc[nH]c34)nc3cccc(F)c3c2=O)c1C. The van der Waals surface area contributed by atoms with Gasteiger partial charge in [0.2, 0.25) is 0 Å². The van der Waals surface area contributed by atoms with Gasteiger partial charge in [0.1, 0.15) is 28.9 Å². The molecule has 0 radical (unpaired) electrons. The summed E-state index contributed by atoms with van der Waals surface area (Å²) >= 11 is 0. The van der Waals surface area contributed by atoms with Crippen molar-refractivity contribution in [2.45, 2.75) is 26.8 Å². The van der Waals surface area contributed by atoms with E-state index in [0.29, 0.717) is 34.0 Å². The Morgan fingerprint density at radius 1 is 1.09 bits per heavy atom. The summed E-state index contributed by atoms with van der Waals surface area (Å²) < 4.78 is 16.1. The number of anilines is 1. The summed E-state index contributed by atoms with van der Waals surface area (Å²) in [5, 5.41) is 3.26. The molecule has 0 amide bonds. The Kier molecular flexibility index (Phi) is 4.66. The van der Waals surface area contributed by atoms with Gasteiger partial charge in [-0.3, -0.25) is 9.36 Å². The molecular formula is C23H20FN7O. The van der Waals surface area contributed by atoms with Gasteiger partial charge in [0.15, 0.2) is 11.5 Å². The smallest absolute Gasteiger partial charge is 0.269 e. The number of aromatic amines is 1. The predicted molar refractivity (Wildman–Crippen MR) is 120 cm³/mol. The van der Waals surface area contributed by atoms with E-state index >= 15 is 0 Å². The highest BCUT2D eigenvalue weighted by Gasteiger charge is 2.22. The van der Waals surface area contributed by atoms with Crippen LogP contribution in [0.2, 0.25) is 0 Å². The van der Waals surface area contributed by atoms with Gasteiger partial charge in [-0.1, -0.05) is 18.2 Å². The number of nitrogens with zero attached hydrogens (tertiary/aromatic N) is 5. The molecule has 0 saturated heterocycles. The van der Waals surface area contributed by atoms with Crippen molar-refractivity contribution in [3.05, 3.63) is 82.2 Å². The van der Waals surface area contributed by atoms with Crippen LogP contribution < -0.4 is 10.9 Å². The minimum absolute atomic E-state index is 0.0395. The van der Waals surface area contributed by atoms with Crippen LogP contribution in [0.5, 0.6) is 0 Å². The Hall–Kier alpha value is -4.14. The van der Waals surface area contributed by atoms with Gasteiger partial charge in [-0.25, -0.2) is 24.3 Å². The summed E-state index contributed by atoms with van der Waals surface area (Å²) in [5.41, 5.74) is 3.60. The minimum Gasteiger partial charge on any atom is -0.358 e. The average Bonchev–Trinajstić information content (AvgIpc) is 3.26. The van der Waals surface area contributed by atoms with Crippen LogP contribution in [0.15, 0.2) is 53.8 Å². The predicted octanol–water partition coefficient (Wildman–Crippen LogP) is 3.98. The molecule has 2 aromatic carbocycles. The second-order valence-corrected chi connectivity index (χ2v) is 7.65. The maximum absolute atomic E-state index is 14.6. The molecule has 3 aromatic heterocycles. The maximum Gasteiger partial charge on any atom is 0.269 e. The van der Waals surface area contributed by atoms with Crippen LogP contribution in [-0.2, 0) is 0 Å². The van der Waals surface area contributed by atoms with E-state index in [-0.39, 0.29) is 5.39 Å². The fraction of sp³-hybridized carbons (Fsp3) is 0.174. The molecule has 5 rings (SSSR count). The molecule has 0 unspecified atom stereocenters. The summed E-state index contributed by atoms with van der Waals surface area (Å²) in [7, 11) is 0. The summed E-state index contributed by atoms with van der Waals surface area (Å²) in [6.45, 7) is 5.78. The zero-order valence-electron chi connectivity index (χ0n) is 17.7. The molecular weight excluding hydrogens is 409 g/mol. The first-order chi connectivity index (χ1) is 15.5. The van der Waals surface area contributed by atoms with E-state index in [1.54, 1.807) is 12.1 Å². The van der Waals surface area contributed by atoms with Crippen LogP contribution >= 0.6 is 0 Å². The van der Waals surface area contributed by atoms with Gasteiger partial charge in [0, 0.05) is 0 Å². The lowest BCUT2D eigenvalue weighted by Gasteiger charge is -2.21. The molecule has 1 atom stereocenters. The van der Waals surface area contributed by atoms with Gasteiger partial charge in [-0.2, -0.15) is 0 Å². The van der Waals surface area contributed by atoms with Gasteiger partial charge in [-0.15, -0.1) is 0 Å². The molecule has 0 aliphatic rings. The van der Waals surface area contributed by atoms with Crippen LogP contribution in [0.3, 0.4) is 0 Å². The molecule has 0 bridgehead atoms. The lowest BCUT2D eigenvalue weighted by atomic mass is 10.1. The topological polar surface area (TPSA) is 101 Å². The second kappa shape index (κ2) is 7.52. The number of imidazole rings is 1. The molecule has 0 fully saturated rings. The van der Waals surface area contributed by atoms with E-state index in [1.165, 1.54) is 23.3 Å². The molecule has 160 valence electrons. The fourth-order valence-electron chi connectivity index (χ4n) is 3.85. The highest BCUT2D eigenvalue weighted by molar-refractivity contribution is 5.82. The first-order valence-corrected chi connectivity index (χ1v) is 10.1. The van der Waals surface area contributed by atoms with Crippen molar-refractivity contribution in [3.8, 4) is 5.69 Å². The standard InChI is InChI=1S/C23H20FN7O/c1-12-6-4-9-17(13(12)2)31-22(30-16-8-5-7-15(24)18(16)23(31)32)14(3)29-21-19-20(26-10-25-19)27-11-28-21/h4-11,14H,1-3H3,(H2,25,26,27,28,29)/t14-/m0/s1. The van der Waals surface area contributed by atoms with Gasteiger partial charge >= 0.3 is 0 Å². The molecule has 0 aliphatic carbocycles. The highest BCUT2D eigenvalue weighted by Crippen LogP contribution is 2.26. The van der Waals surface area contributed by atoms with Crippen LogP contribution in [-0.4, -0.2) is 29.5 Å². The van der Waals surface area contributed by atoms with E-state index in [4.69, 9.17) is 4.98 Å². The quantitative estimate of drug-likeness (QED) is 0.448. The van der Waals surface area contributed by atoms with Crippen molar-refractivity contribution in [1.29, 1.82) is 0 Å². The second-order valence-electron chi connectivity index (χ2n) is 7.65. The Bertz CT molecular complexity index is 1540. The lowest BCUT2D eigenvalue weighted by Crippen LogP contribution is -2.28. The van der Waals surface area contributed by atoms with E-state index in [2.05, 4.69) is 25.3 Å². The van der Waals surface area contributed by atoms with Crippen molar-refractivity contribution in [3.63, 3.8) is 0 Å².